The number of nitrogens with zero attached hydrogens (tertiary/aromatic N) is 2. The fourth-order valence-electron chi connectivity index (χ4n) is 1.57. The van der Waals surface area contributed by atoms with Crippen LogP contribution in [0.3, 0.4) is 0 Å². The maximum atomic E-state index is 12.5. The first kappa shape index (κ1) is 17.4. The molecule has 0 aliphatic rings. The Hall–Kier alpha value is -1.66. The van der Waals surface area contributed by atoms with Gasteiger partial charge >= 0.3 is 5.97 Å². The summed E-state index contributed by atoms with van der Waals surface area (Å²) in [4.78, 5) is 10.5. The Morgan fingerprint density at radius 2 is 2.19 bits per heavy atom. The van der Waals surface area contributed by atoms with Crippen LogP contribution < -0.4 is 0 Å². The molecule has 0 fully saturated rings. The van der Waals surface area contributed by atoms with E-state index < -0.39 is 22.5 Å². The van der Waals surface area contributed by atoms with E-state index in [1.807, 2.05) is 0 Å². The van der Waals surface area contributed by atoms with E-state index in [1.165, 1.54) is 19.2 Å². The van der Waals surface area contributed by atoms with Gasteiger partial charge in [-0.15, -0.1) is 0 Å². The van der Waals surface area contributed by atoms with E-state index in [1.54, 1.807) is 6.07 Å². The number of carbonyl (C=O) groups is 1. The second-order valence-corrected chi connectivity index (χ2v) is 6.32. The quantitative estimate of drug-likeness (QED) is 0.796. The molecule has 0 heterocycles. The third-order valence-corrected chi connectivity index (χ3v) is 4.66. The van der Waals surface area contributed by atoms with Crippen LogP contribution in [0.15, 0.2) is 23.1 Å². The zero-order valence-corrected chi connectivity index (χ0v) is 12.7. The summed E-state index contributed by atoms with van der Waals surface area (Å²) in [6, 6.07) is 5.53. The lowest BCUT2D eigenvalue weighted by molar-refractivity contribution is -0.137. The number of hydrogen-bond donors (Lipinski definition) is 1. The molecule has 0 radical (unpaired) electrons. The summed E-state index contributed by atoms with van der Waals surface area (Å²) in [5.74, 6) is -1.31. The van der Waals surface area contributed by atoms with Gasteiger partial charge in [-0.1, -0.05) is 11.6 Å². The SMILES string of the molecule is COCCN(CC(=O)O)S(=O)(=O)c1cc(Cl)ccc1C#N. The zero-order valence-electron chi connectivity index (χ0n) is 11.1. The molecular formula is C12H13ClN2O5S. The van der Waals surface area contributed by atoms with Crippen LogP contribution in [0, 0.1) is 11.3 Å². The van der Waals surface area contributed by atoms with Crippen molar-refractivity contribution in [1.82, 2.24) is 4.31 Å². The Balaban J connectivity index is 3.31. The van der Waals surface area contributed by atoms with Gasteiger partial charge in [-0.05, 0) is 18.2 Å². The van der Waals surface area contributed by atoms with Crippen molar-refractivity contribution < 1.29 is 23.1 Å². The van der Waals surface area contributed by atoms with E-state index in [2.05, 4.69) is 0 Å². The summed E-state index contributed by atoms with van der Waals surface area (Å²) in [5, 5.41) is 18.0. The molecule has 0 bridgehead atoms. The van der Waals surface area contributed by atoms with E-state index >= 15 is 0 Å². The molecule has 0 spiro atoms. The first-order chi connectivity index (χ1) is 9.82. The largest absolute Gasteiger partial charge is 0.480 e. The molecule has 0 atom stereocenters. The van der Waals surface area contributed by atoms with Crippen LogP contribution in [0.25, 0.3) is 0 Å². The smallest absolute Gasteiger partial charge is 0.318 e. The highest BCUT2D eigenvalue weighted by atomic mass is 35.5. The van der Waals surface area contributed by atoms with Crippen molar-refractivity contribution in [3.63, 3.8) is 0 Å². The fraction of sp³-hybridized carbons (Fsp3) is 0.333. The summed E-state index contributed by atoms with van der Waals surface area (Å²) in [5.41, 5.74) is -0.104. The molecule has 7 nitrogen and oxygen atoms in total. The van der Waals surface area contributed by atoms with Gasteiger partial charge in [0, 0.05) is 18.7 Å². The third-order valence-electron chi connectivity index (χ3n) is 2.54. The summed E-state index contributed by atoms with van der Waals surface area (Å²) in [6.45, 7) is -0.861. The van der Waals surface area contributed by atoms with E-state index in [9.17, 15) is 13.2 Å². The molecule has 0 saturated heterocycles. The number of aliphatic carboxylic acids is 1. The Kier molecular flexibility index (Phi) is 6.11. The molecule has 1 aromatic carbocycles. The first-order valence-electron chi connectivity index (χ1n) is 5.73. The monoisotopic (exact) mass is 332 g/mol. The van der Waals surface area contributed by atoms with Crippen molar-refractivity contribution in [3.8, 4) is 6.07 Å². The maximum Gasteiger partial charge on any atom is 0.318 e. The van der Waals surface area contributed by atoms with Gasteiger partial charge in [0.2, 0.25) is 10.0 Å². The highest BCUT2D eigenvalue weighted by molar-refractivity contribution is 7.89. The van der Waals surface area contributed by atoms with Crippen molar-refractivity contribution in [1.29, 1.82) is 5.26 Å². The van der Waals surface area contributed by atoms with E-state index in [-0.39, 0.29) is 28.6 Å². The van der Waals surface area contributed by atoms with Gasteiger partial charge in [0.05, 0.1) is 12.2 Å². The molecule has 0 saturated carbocycles. The van der Waals surface area contributed by atoms with Gasteiger partial charge in [0.1, 0.15) is 17.5 Å². The first-order valence-corrected chi connectivity index (χ1v) is 7.55. The molecule has 1 aromatic rings. The Morgan fingerprint density at radius 3 is 2.71 bits per heavy atom. The van der Waals surface area contributed by atoms with E-state index in [0.29, 0.717) is 0 Å². The number of carboxylic acid groups (broad SMARTS) is 1. The van der Waals surface area contributed by atoms with Gasteiger partial charge in [-0.3, -0.25) is 4.79 Å². The minimum absolute atomic E-state index is 0.0228. The second-order valence-electron chi connectivity index (χ2n) is 3.98. The van der Waals surface area contributed by atoms with Gasteiger partial charge in [0.25, 0.3) is 0 Å². The number of carboxylic acids is 1. The van der Waals surface area contributed by atoms with Gasteiger partial charge in [-0.25, -0.2) is 8.42 Å². The van der Waals surface area contributed by atoms with Crippen molar-refractivity contribution in [2.24, 2.45) is 0 Å². The number of rotatable bonds is 7. The maximum absolute atomic E-state index is 12.5. The van der Waals surface area contributed by atoms with Crippen LogP contribution in [0.4, 0.5) is 0 Å². The number of halogens is 1. The van der Waals surface area contributed by atoms with Crippen molar-refractivity contribution in [2.45, 2.75) is 4.90 Å². The standard InChI is InChI=1S/C12H13ClN2O5S/c1-20-5-4-15(8-12(16)17)21(18,19)11-6-10(13)3-2-9(11)7-14/h2-3,6H,4-5,8H2,1H3,(H,16,17). The number of sulfonamides is 1. The predicted octanol–water partition coefficient (Wildman–Crippen LogP) is 0.933. The van der Waals surface area contributed by atoms with Crippen molar-refractivity contribution in [2.75, 3.05) is 26.8 Å². The third kappa shape index (κ3) is 4.41. The van der Waals surface area contributed by atoms with Crippen LogP contribution >= 0.6 is 11.6 Å². The zero-order chi connectivity index (χ0) is 16.0. The average Bonchev–Trinajstić information content (AvgIpc) is 2.42. The van der Waals surface area contributed by atoms with Gasteiger partial charge in [0.15, 0.2) is 0 Å². The molecule has 1 rings (SSSR count). The molecule has 114 valence electrons. The summed E-state index contributed by atoms with van der Waals surface area (Å²) in [6.07, 6.45) is 0. The number of nitriles is 1. The van der Waals surface area contributed by atoms with Crippen LogP contribution in [0.1, 0.15) is 5.56 Å². The molecule has 1 N–H and O–H groups in total. The minimum Gasteiger partial charge on any atom is -0.480 e. The van der Waals surface area contributed by atoms with E-state index in [0.717, 1.165) is 10.4 Å². The average molecular weight is 333 g/mol. The van der Waals surface area contributed by atoms with Crippen molar-refractivity contribution in [3.05, 3.63) is 28.8 Å². The Labute approximate surface area is 127 Å². The summed E-state index contributed by atoms with van der Waals surface area (Å²) < 4.78 is 30.5. The lowest BCUT2D eigenvalue weighted by Crippen LogP contribution is -2.38. The van der Waals surface area contributed by atoms with Gasteiger partial charge in [-0.2, -0.15) is 9.57 Å². The van der Waals surface area contributed by atoms with Crippen LogP contribution in [-0.4, -0.2) is 50.6 Å². The molecule has 0 amide bonds. The molecule has 21 heavy (non-hydrogen) atoms. The molecule has 9 heteroatoms. The normalized spacial score (nSPS) is 11.3. The lowest BCUT2D eigenvalue weighted by atomic mass is 10.2. The summed E-state index contributed by atoms with van der Waals surface area (Å²) in [7, 11) is -2.80. The van der Waals surface area contributed by atoms with Crippen molar-refractivity contribution >= 4 is 27.6 Å². The lowest BCUT2D eigenvalue weighted by Gasteiger charge is -2.20. The summed E-state index contributed by atoms with van der Waals surface area (Å²) >= 11 is 5.76. The Morgan fingerprint density at radius 1 is 1.52 bits per heavy atom. The molecule has 0 unspecified atom stereocenters. The van der Waals surface area contributed by atoms with Gasteiger partial charge < -0.3 is 9.84 Å². The number of benzene rings is 1. The molecular weight excluding hydrogens is 320 g/mol. The predicted molar refractivity (Wildman–Crippen MR) is 74.4 cm³/mol. The molecule has 0 aromatic heterocycles. The van der Waals surface area contributed by atoms with E-state index in [4.69, 9.17) is 26.7 Å². The fourth-order valence-corrected chi connectivity index (χ4v) is 3.35. The molecule has 0 aliphatic carbocycles. The second kappa shape index (κ2) is 7.38. The topological polar surface area (TPSA) is 108 Å². The molecule has 0 aliphatic heterocycles. The van der Waals surface area contributed by atoms with Crippen LogP contribution in [0.2, 0.25) is 5.02 Å². The number of methoxy groups -OCH3 is 1. The minimum atomic E-state index is -4.17. The number of ether oxygens (including phenoxy) is 1. The number of hydrogen-bond acceptors (Lipinski definition) is 5. The highest BCUT2D eigenvalue weighted by Crippen LogP contribution is 2.23. The van der Waals surface area contributed by atoms with Crippen LogP contribution in [0.5, 0.6) is 0 Å². The van der Waals surface area contributed by atoms with Crippen LogP contribution in [-0.2, 0) is 19.6 Å². The highest BCUT2D eigenvalue weighted by Gasteiger charge is 2.29. The Bertz CT molecular complexity index is 669.